The van der Waals surface area contributed by atoms with Gasteiger partial charge in [0.25, 0.3) is 0 Å². The van der Waals surface area contributed by atoms with Crippen molar-refractivity contribution in [2.24, 2.45) is 5.41 Å². The maximum atomic E-state index is 14.0. The third-order valence-corrected chi connectivity index (χ3v) is 7.03. The molecule has 0 unspecified atom stereocenters. The summed E-state index contributed by atoms with van der Waals surface area (Å²) in [5, 5.41) is 0. The van der Waals surface area contributed by atoms with Gasteiger partial charge in [0.1, 0.15) is 11.4 Å². The van der Waals surface area contributed by atoms with Crippen molar-refractivity contribution >= 4 is 5.91 Å². The highest BCUT2D eigenvalue weighted by Gasteiger charge is 2.44. The second kappa shape index (κ2) is 10.3. The van der Waals surface area contributed by atoms with Gasteiger partial charge in [-0.2, -0.15) is 0 Å². The molecule has 2 saturated heterocycles. The van der Waals surface area contributed by atoms with Crippen molar-refractivity contribution < 1.29 is 14.3 Å². The van der Waals surface area contributed by atoms with Crippen molar-refractivity contribution in [3.63, 3.8) is 0 Å². The molecule has 3 heterocycles. The van der Waals surface area contributed by atoms with Crippen LogP contribution in [0.4, 0.5) is 0 Å². The van der Waals surface area contributed by atoms with Crippen LogP contribution in [-0.2, 0) is 16.0 Å². The molecule has 2 aliphatic heterocycles. The predicted molar refractivity (Wildman–Crippen MR) is 130 cm³/mol. The number of aromatic nitrogens is 2. The van der Waals surface area contributed by atoms with E-state index >= 15 is 0 Å². The van der Waals surface area contributed by atoms with E-state index < -0.39 is 5.41 Å². The molecule has 6 heteroatoms. The highest BCUT2D eigenvalue weighted by Crippen LogP contribution is 2.39. The minimum atomic E-state index is -0.409. The van der Waals surface area contributed by atoms with Crippen LogP contribution < -0.4 is 4.74 Å². The number of rotatable bonds is 6. The quantitative estimate of drug-likeness (QED) is 0.520. The van der Waals surface area contributed by atoms with Crippen molar-refractivity contribution in [1.29, 1.82) is 0 Å². The van der Waals surface area contributed by atoms with Gasteiger partial charge in [0.05, 0.1) is 5.41 Å². The predicted octanol–water partition coefficient (Wildman–Crippen LogP) is 5.01. The third kappa shape index (κ3) is 4.97. The number of ether oxygens (including phenoxy) is 2. The third-order valence-electron chi connectivity index (χ3n) is 7.03. The Morgan fingerprint density at radius 2 is 1.71 bits per heavy atom. The van der Waals surface area contributed by atoms with Crippen molar-refractivity contribution in [3.8, 4) is 11.6 Å². The van der Waals surface area contributed by atoms with E-state index in [9.17, 15) is 4.79 Å². The fraction of sp³-hybridized carbons (Fsp3) is 0.393. The first-order valence-corrected chi connectivity index (χ1v) is 12.2. The first-order chi connectivity index (χ1) is 16.7. The van der Waals surface area contributed by atoms with Gasteiger partial charge in [-0.05, 0) is 49.8 Å². The fourth-order valence-corrected chi connectivity index (χ4v) is 5.23. The first-order valence-electron chi connectivity index (χ1n) is 12.2. The number of piperidine rings is 1. The topological polar surface area (TPSA) is 64.6 Å². The lowest BCUT2D eigenvalue weighted by atomic mass is 9.73. The Kier molecular flexibility index (Phi) is 6.86. The normalized spacial score (nSPS) is 20.0. The second-order valence-electron chi connectivity index (χ2n) is 9.31. The van der Waals surface area contributed by atoms with E-state index in [2.05, 4.69) is 27.0 Å². The van der Waals surface area contributed by atoms with Crippen LogP contribution in [0.1, 0.15) is 42.9 Å². The van der Waals surface area contributed by atoms with Gasteiger partial charge in [0.2, 0.25) is 11.8 Å². The minimum Gasteiger partial charge on any atom is -0.437 e. The van der Waals surface area contributed by atoms with Crippen LogP contribution in [-0.4, -0.2) is 47.1 Å². The molecule has 2 aromatic carbocycles. The molecule has 176 valence electrons. The minimum absolute atomic E-state index is 0.0960. The van der Waals surface area contributed by atoms with Gasteiger partial charge in [0.15, 0.2) is 0 Å². The zero-order valence-electron chi connectivity index (χ0n) is 19.4. The average molecular weight is 458 g/mol. The first kappa shape index (κ1) is 22.5. The summed E-state index contributed by atoms with van der Waals surface area (Å²) in [5.74, 6) is 1.60. The Morgan fingerprint density at radius 3 is 2.47 bits per heavy atom. The van der Waals surface area contributed by atoms with Crippen molar-refractivity contribution in [2.75, 3.05) is 26.3 Å². The molecule has 2 aliphatic rings. The maximum absolute atomic E-state index is 14.0. The summed E-state index contributed by atoms with van der Waals surface area (Å²) in [5.41, 5.74) is 1.62. The Labute approximate surface area is 201 Å². The molecule has 6 nitrogen and oxygen atoms in total. The van der Waals surface area contributed by atoms with E-state index in [-0.39, 0.29) is 11.8 Å². The number of carbonyl (C=O) groups excluding carboxylic acids is 1. The number of hydrogen-bond acceptors (Lipinski definition) is 5. The molecule has 0 bridgehead atoms. The van der Waals surface area contributed by atoms with Crippen LogP contribution in [0.15, 0.2) is 73.1 Å². The molecule has 5 rings (SSSR count). The molecule has 34 heavy (non-hydrogen) atoms. The highest BCUT2D eigenvalue weighted by molar-refractivity contribution is 5.83. The standard InChI is InChI=1S/C28H31N3O3/c32-27(28(13-18-33-19-14-28)20-22-8-3-1-4-9-22)31-17-7-10-23(21-31)25-26(30-16-15-29-25)34-24-11-5-2-6-12-24/h1-6,8-9,11-12,15-16,23H,7,10,13-14,17-21H2/t23-/m0/s1. The van der Waals surface area contributed by atoms with Crippen LogP contribution in [0, 0.1) is 5.41 Å². The van der Waals surface area contributed by atoms with E-state index in [0.29, 0.717) is 25.6 Å². The molecular formula is C28H31N3O3. The molecule has 0 saturated carbocycles. The van der Waals surface area contributed by atoms with Gasteiger partial charge < -0.3 is 14.4 Å². The summed E-state index contributed by atoms with van der Waals surface area (Å²) in [4.78, 5) is 25.2. The number of likely N-dealkylation sites (tertiary alicyclic amines) is 1. The monoisotopic (exact) mass is 457 g/mol. The van der Waals surface area contributed by atoms with E-state index in [1.54, 1.807) is 12.4 Å². The van der Waals surface area contributed by atoms with Gasteiger partial charge in [-0.15, -0.1) is 0 Å². The van der Waals surface area contributed by atoms with Gasteiger partial charge >= 0.3 is 0 Å². The summed E-state index contributed by atoms with van der Waals surface area (Å²) < 4.78 is 11.7. The largest absolute Gasteiger partial charge is 0.437 e. The number of para-hydroxylation sites is 1. The number of carbonyl (C=O) groups is 1. The van der Waals surface area contributed by atoms with E-state index in [1.165, 1.54) is 5.56 Å². The van der Waals surface area contributed by atoms with Crippen LogP contribution in [0.2, 0.25) is 0 Å². The van der Waals surface area contributed by atoms with E-state index in [1.807, 2.05) is 48.5 Å². The summed E-state index contributed by atoms with van der Waals surface area (Å²) in [6.45, 7) is 2.69. The molecule has 0 aliphatic carbocycles. The average Bonchev–Trinajstić information content (AvgIpc) is 2.90. The lowest BCUT2D eigenvalue weighted by molar-refractivity contribution is -0.149. The molecule has 1 aromatic heterocycles. The summed E-state index contributed by atoms with van der Waals surface area (Å²) >= 11 is 0. The summed E-state index contributed by atoms with van der Waals surface area (Å²) in [7, 11) is 0. The summed E-state index contributed by atoms with van der Waals surface area (Å²) in [6.07, 6.45) is 7.54. The number of hydrogen-bond donors (Lipinski definition) is 0. The van der Waals surface area contributed by atoms with Gasteiger partial charge in [-0.25, -0.2) is 4.98 Å². The molecule has 1 amide bonds. The van der Waals surface area contributed by atoms with Crippen molar-refractivity contribution in [3.05, 3.63) is 84.3 Å². The zero-order valence-corrected chi connectivity index (χ0v) is 19.4. The van der Waals surface area contributed by atoms with Crippen LogP contribution in [0.25, 0.3) is 0 Å². The molecule has 0 N–H and O–H groups in total. The zero-order chi connectivity index (χ0) is 23.2. The fourth-order valence-electron chi connectivity index (χ4n) is 5.23. The molecular weight excluding hydrogens is 426 g/mol. The Balaban J connectivity index is 1.36. The van der Waals surface area contributed by atoms with Crippen molar-refractivity contribution in [1.82, 2.24) is 14.9 Å². The van der Waals surface area contributed by atoms with Crippen LogP contribution >= 0.6 is 0 Å². The lowest BCUT2D eigenvalue weighted by Gasteiger charge is -2.42. The number of nitrogens with zero attached hydrogens (tertiary/aromatic N) is 3. The molecule has 3 aromatic rings. The van der Waals surface area contributed by atoms with Crippen LogP contribution in [0.3, 0.4) is 0 Å². The Bertz CT molecular complexity index is 1080. The molecule has 0 spiro atoms. The van der Waals surface area contributed by atoms with Crippen molar-refractivity contribution in [2.45, 2.75) is 38.0 Å². The molecule has 0 radical (unpaired) electrons. The van der Waals surface area contributed by atoms with Gasteiger partial charge in [-0.1, -0.05) is 48.5 Å². The molecule has 2 fully saturated rings. The number of amides is 1. The van der Waals surface area contributed by atoms with Crippen LogP contribution in [0.5, 0.6) is 11.6 Å². The molecule has 1 atom stereocenters. The second-order valence-corrected chi connectivity index (χ2v) is 9.31. The Hall–Kier alpha value is -3.25. The maximum Gasteiger partial charge on any atom is 0.241 e. The van der Waals surface area contributed by atoms with Gasteiger partial charge in [-0.3, -0.25) is 9.78 Å². The SMILES string of the molecule is O=C(N1CCC[C@H](c2nccnc2Oc2ccccc2)C1)C1(Cc2ccccc2)CCOCC1. The number of benzene rings is 2. The summed E-state index contributed by atoms with van der Waals surface area (Å²) in [6, 6.07) is 20.0. The Morgan fingerprint density at radius 1 is 1.00 bits per heavy atom. The van der Waals surface area contributed by atoms with Gasteiger partial charge in [0, 0.05) is 44.6 Å². The lowest BCUT2D eigenvalue weighted by Crippen LogP contribution is -2.51. The van der Waals surface area contributed by atoms with E-state index in [4.69, 9.17) is 9.47 Å². The highest BCUT2D eigenvalue weighted by atomic mass is 16.5. The van der Waals surface area contributed by atoms with E-state index in [0.717, 1.165) is 50.1 Å². The smallest absolute Gasteiger partial charge is 0.241 e.